The zero-order chi connectivity index (χ0) is 37.8. The minimum atomic E-state index is -0.382. The Morgan fingerprint density at radius 1 is 0.463 bits per heavy atom. The van der Waals surface area contributed by atoms with Gasteiger partial charge in [-0.25, -0.2) is 0 Å². The van der Waals surface area contributed by atoms with E-state index in [0.717, 1.165) is 40.2 Å². The molecule has 0 unspecified atom stereocenters. The van der Waals surface area contributed by atoms with Gasteiger partial charge in [-0.1, -0.05) is 166 Å². The van der Waals surface area contributed by atoms with Gasteiger partial charge in [0.1, 0.15) is 24.7 Å². The fourth-order valence-corrected chi connectivity index (χ4v) is 7.82. The van der Waals surface area contributed by atoms with Gasteiger partial charge in [-0.3, -0.25) is 0 Å². The number of hydrogen-bond donors (Lipinski definition) is 2. The molecule has 0 aliphatic heterocycles. The summed E-state index contributed by atoms with van der Waals surface area (Å²) in [4.78, 5) is 0. The lowest BCUT2D eigenvalue weighted by Gasteiger charge is -2.35. The maximum atomic E-state index is 9.91. The van der Waals surface area contributed by atoms with Crippen molar-refractivity contribution >= 4 is 0 Å². The Morgan fingerprint density at radius 3 is 0.981 bits per heavy atom. The first-order chi connectivity index (χ1) is 26.4. The van der Waals surface area contributed by atoms with Crippen LogP contribution in [0.3, 0.4) is 0 Å². The molecule has 6 aromatic carbocycles. The molecule has 0 saturated carbocycles. The van der Waals surface area contributed by atoms with Gasteiger partial charge in [0.15, 0.2) is 0 Å². The molecule has 0 bridgehead atoms. The number of benzene rings is 6. The average Bonchev–Trinajstić information content (AvgIpc) is 3.18. The van der Waals surface area contributed by atoms with Gasteiger partial charge < -0.3 is 19.7 Å². The van der Waals surface area contributed by atoms with Gasteiger partial charge >= 0.3 is 0 Å². The van der Waals surface area contributed by atoms with Crippen LogP contribution in [0.4, 0.5) is 0 Å². The molecule has 4 heteroatoms. The molecule has 0 fully saturated rings. The third-order valence-electron chi connectivity index (χ3n) is 10.2. The van der Waals surface area contributed by atoms with E-state index in [0.29, 0.717) is 31.6 Å². The maximum Gasteiger partial charge on any atom is 0.126 e. The number of ether oxygens (including phenoxy) is 2. The molecule has 6 rings (SSSR count). The Balaban J connectivity index is 1.59. The molecule has 0 saturated heterocycles. The summed E-state index contributed by atoms with van der Waals surface area (Å²) in [6, 6.07) is 51.7. The van der Waals surface area contributed by atoms with Gasteiger partial charge in [0.2, 0.25) is 0 Å². The molecule has 6 aromatic rings. The van der Waals surface area contributed by atoms with E-state index in [-0.39, 0.29) is 31.8 Å². The summed E-state index contributed by atoms with van der Waals surface area (Å²) in [5, 5.41) is 19.8. The van der Waals surface area contributed by atoms with E-state index in [2.05, 4.69) is 166 Å². The normalized spacial score (nSPS) is 11.5. The van der Waals surface area contributed by atoms with Crippen LogP contribution in [0.1, 0.15) is 82.8 Å². The Kier molecular flexibility index (Phi) is 13.4. The second-order valence-electron chi connectivity index (χ2n) is 15.0. The predicted octanol–water partition coefficient (Wildman–Crippen LogP) is 10.1. The summed E-state index contributed by atoms with van der Waals surface area (Å²) in [5.74, 6) is 2.11. The summed E-state index contributed by atoms with van der Waals surface area (Å²) < 4.78 is 12.9. The molecule has 54 heavy (non-hydrogen) atoms. The Morgan fingerprint density at radius 2 is 0.741 bits per heavy atom. The number of aliphatic hydroxyl groups excluding tert-OH is 2. The van der Waals surface area contributed by atoms with Gasteiger partial charge in [0.25, 0.3) is 0 Å². The molecule has 0 heterocycles. The molecule has 0 spiro atoms. The van der Waals surface area contributed by atoms with E-state index >= 15 is 0 Å². The molecule has 0 amide bonds. The summed E-state index contributed by atoms with van der Waals surface area (Å²) >= 11 is 0. The third kappa shape index (κ3) is 9.87. The average molecular weight is 719 g/mol. The molecular formula is C50H54O4. The minimum Gasteiger partial charge on any atom is -0.491 e. The van der Waals surface area contributed by atoms with E-state index in [1.807, 2.05) is 0 Å². The number of rotatable bonds is 18. The Hall–Kier alpha value is -5.16. The quantitative estimate of drug-likeness (QED) is 0.0929. The lowest BCUT2D eigenvalue weighted by Crippen LogP contribution is -2.27. The summed E-state index contributed by atoms with van der Waals surface area (Å²) in [6.45, 7) is 7.36. The Labute approximate surface area is 322 Å². The van der Waals surface area contributed by atoms with Crippen molar-refractivity contribution in [2.45, 2.75) is 58.3 Å². The van der Waals surface area contributed by atoms with Crippen molar-refractivity contribution in [3.8, 4) is 11.5 Å². The summed E-state index contributed by atoms with van der Waals surface area (Å²) in [6.07, 6.45) is 3.76. The number of aliphatic hydroxyl groups is 2. The van der Waals surface area contributed by atoms with E-state index < -0.39 is 0 Å². The molecule has 4 nitrogen and oxygen atoms in total. The predicted molar refractivity (Wildman–Crippen MR) is 221 cm³/mol. The number of hydrogen-bond acceptors (Lipinski definition) is 4. The van der Waals surface area contributed by atoms with Crippen molar-refractivity contribution < 1.29 is 19.7 Å². The topological polar surface area (TPSA) is 58.9 Å². The van der Waals surface area contributed by atoms with Crippen LogP contribution in [0, 0.1) is 5.92 Å². The molecular weight excluding hydrogens is 665 g/mol. The first-order valence-corrected chi connectivity index (χ1v) is 19.3. The standard InChI is InChI=1S/C50H54O4/c1-37(2)36-50(3,46-32-42(28-38-16-8-4-9-17-38)48(53-26-24-51)43(33-46)29-39-18-10-5-11-19-39)47-34-44(30-40-20-12-6-13-21-40)49(54-27-25-52)45(35-47)31-41-22-14-7-15-23-41/h4-23,32-35,37,51-52H,24-31,36H2,1-3H3. The van der Waals surface area contributed by atoms with E-state index in [1.54, 1.807) is 0 Å². The summed E-state index contributed by atoms with van der Waals surface area (Å²) in [7, 11) is 0. The maximum absolute atomic E-state index is 9.91. The summed E-state index contributed by atoms with van der Waals surface area (Å²) in [5.41, 5.74) is 11.4. The smallest absolute Gasteiger partial charge is 0.126 e. The zero-order valence-electron chi connectivity index (χ0n) is 32.0. The van der Waals surface area contributed by atoms with Gasteiger partial charge in [-0.15, -0.1) is 0 Å². The van der Waals surface area contributed by atoms with Crippen LogP contribution in [0.25, 0.3) is 0 Å². The van der Waals surface area contributed by atoms with Crippen molar-refractivity contribution in [3.05, 3.63) is 201 Å². The second-order valence-corrected chi connectivity index (χ2v) is 15.0. The molecule has 0 atom stereocenters. The first-order valence-electron chi connectivity index (χ1n) is 19.3. The fraction of sp³-hybridized carbons (Fsp3) is 0.280. The SMILES string of the molecule is CC(C)CC(C)(c1cc(Cc2ccccc2)c(OCCO)c(Cc2ccccc2)c1)c1cc(Cc2ccccc2)c(OCCO)c(Cc2ccccc2)c1. The molecule has 2 N–H and O–H groups in total. The second kappa shape index (κ2) is 18.7. The van der Waals surface area contributed by atoms with Crippen molar-refractivity contribution in [1.82, 2.24) is 0 Å². The van der Waals surface area contributed by atoms with E-state index in [9.17, 15) is 10.2 Å². The largest absolute Gasteiger partial charge is 0.491 e. The van der Waals surface area contributed by atoms with Crippen LogP contribution < -0.4 is 9.47 Å². The van der Waals surface area contributed by atoms with Crippen LogP contribution >= 0.6 is 0 Å². The van der Waals surface area contributed by atoms with Crippen LogP contribution in [-0.4, -0.2) is 36.6 Å². The first kappa shape index (κ1) is 38.6. The van der Waals surface area contributed by atoms with Crippen molar-refractivity contribution in [1.29, 1.82) is 0 Å². The van der Waals surface area contributed by atoms with Crippen LogP contribution in [0.15, 0.2) is 146 Å². The monoisotopic (exact) mass is 718 g/mol. The van der Waals surface area contributed by atoms with Gasteiger partial charge in [0, 0.05) is 31.1 Å². The lowest BCUT2D eigenvalue weighted by molar-refractivity contribution is 0.199. The molecule has 0 aromatic heterocycles. The van der Waals surface area contributed by atoms with Crippen molar-refractivity contribution in [3.63, 3.8) is 0 Å². The van der Waals surface area contributed by atoms with Crippen molar-refractivity contribution in [2.24, 2.45) is 5.92 Å². The minimum absolute atomic E-state index is 0.0541. The fourth-order valence-electron chi connectivity index (χ4n) is 7.82. The van der Waals surface area contributed by atoms with Crippen LogP contribution in [-0.2, 0) is 31.1 Å². The highest BCUT2D eigenvalue weighted by Gasteiger charge is 2.33. The highest BCUT2D eigenvalue weighted by Crippen LogP contribution is 2.44. The van der Waals surface area contributed by atoms with Crippen molar-refractivity contribution in [2.75, 3.05) is 26.4 Å². The molecule has 0 radical (unpaired) electrons. The zero-order valence-corrected chi connectivity index (χ0v) is 32.0. The van der Waals surface area contributed by atoms with E-state index in [4.69, 9.17) is 9.47 Å². The Bertz CT molecular complexity index is 1770. The van der Waals surface area contributed by atoms with Gasteiger partial charge in [-0.2, -0.15) is 0 Å². The lowest BCUT2D eigenvalue weighted by atomic mass is 9.69. The van der Waals surface area contributed by atoms with Gasteiger partial charge in [-0.05, 0) is 68.0 Å². The molecule has 0 aliphatic carbocycles. The highest BCUT2D eigenvalue weighted by atomic mass is 16.5. The van der Waals surface area contributed by atoms with Crippen LogP contribution in [0.5, 0.6) is 11.5 Å². The van der Waals surface area contributed by atoms with Crippen LogP contribution in [0.2, 0.25) is 0 Å². The molecule has 278 valence electrons. The highest BCUT2D eigenvalue weighted by molar-refractivity contribution is 5.56. The van der Waals surface area contributed by atoms with E-state index in [1.165, 1.54) is 33.4 Å². The molecule has 0 aliphatic rings. The van der Waals surface area contributed by atoms with Gasteiger partial charge in [0.05, 0.1) is 13.2 Å². The third-order valence-corrected chi connectivity index (χ3v) is 10.2.